The smallest absolute Gasteiger partial charge is 0.741 e. The van der Waals surface area contributed by atoms with Crippen molar-refractivity contribution in [2.24, 2.45) is 20.4 Å². The first-order valence-electron chi connectivity index (χ1n) is 8.92. The third-order valence-electron chi connectivity index (χ3n) is 3.40. The zero-order chi connectivity index (χ0) is 20.9. The van der Waals surface area contributed by atoms with Gasteiger partial charge in [0.15, 0.2) is 0 Å². The van der Waals surface area contributed by atoms with Gasteiger partial charge in [-0.15, -0.1) is 5.10 Å². The van der Waals surface area contributed by atoms with E-state index in [4.69, 9.17) is 30.0 Å². The van der Waals surface area contributed by atoms with Gasteiger partial charge in [-0.1, -0.05) is 0 Å². The van der Waals surface area contributed by atoms with Gasteiger partial charge in [-0.25, -0.2) is 0 Å². The summed E-state index contributed by atoms with van der Waals surface area (Å²) in [6, 6.07) is 3.79. The number of aromatic nitrogens is 1. The summed E-state index contributed by atoms with van der Waals surface area (Å²) in [5, 5.41) is 22.8. The average molecular weight is 485 g/mol. The van der Waals surface area contributed by atoms with Gasteiger partial charge < -0.3 is 40.6 Å². The maximum atomic E-state index is 5.54. The summed E-state index contributed by atoms with van der Waals surface area (Å²) < 4.78 is 5.54. The number of nitrogens with one attached hydrogen (secondary N) is 2. The minimum Gasteiger partial charge on any atom is -0.741 e. The number of nitrogens with zero attached hydrogens (tertiary/aromatic N) is 5. The fraction of sp³-hybridized carbons (Fsp3) is 0.500. The Morgan fingerprint density at radius 1 is 1.14 bits per heavy atom. The monoisotopic (exact) mass is 484 g/mol. The summed E-state index contributed by atoms with van der Waals surface area (Å²) in [4.78, 5) is 4.10. The van der Waals surface area contributed by atoms with Crippen LogP contribution in [0.3, 0.4) is 0 Å². The van der Waals surface area contributed by atoms with Crippen molar-refractivity contribution in [3.8, 4) is 0 Å². The Morgan fingerprint density at radius 3 is 2.41 bits per heavy atom. The van der Waals surface area contributed by atoms with Gasteiger partial charge in [0.2, 0.25) is 0 Å². The van der Waals surface area contributed by atoms with Gasteiger partial charge in [-0.3, -0.25) is 4.98 Å². The quantitative estimate of drug-likeness (QED) is 0.183. The Balaban J connectivity index is 0.00000784. The second-order valence-corrected chi connectivity index (χ2v) is 6.96. The number of amidine groups is 2. The molecule has 1 atom stereocenters. The van der Waals surface area contributed by atoms with E-state index in [9.17, 15) is 0 Å². The molecule has 0 fully saturated rings. The van der Waals surface area contributed by atoms with Crippen LogP contribution in [0, 0.1) is 0 Å². The van der Waals surface area contributed by atoms with Crippen LogP contribution in [-0.4, -0.2) is 52.5 Å². The van der Waals surface area contributed by atoms with Crippen molar-refractivity contribution in [3.05, 3.63) is 30.1 Å². The summed E-state index contributed by atoms with van der Waals surface area (Å²) in [7, 11) is 1.68. The second-order valence-electron chi connectivity index (χ2n) is 6.19. The van der Waals surface area contributed by atoms with Gasteiger partial charge in [-0.2, -0.15) is 15.3 Å². The molecule has 1 heterocycles. The van der Waals surface area contributed by atoms with Gasteiger partial charge in [0.05, 0.1) is 11.8 Å². The van der Waals surface area contributed by atoms with Crippen molar-refractivity contribution >= 4 is 47.0 Å². The summed E-state index contributed by atoms with van der Waals surface area (Å²) >= 11 is 10.3. The molecule has 11 heteroatoms. The minimum atomic E-state index is 0. The summed E-state index contributed by atoms with van der Waals surface area (Å²) in [6.45, 7) is 8.46. The Morgan fingerprint density at radius 2 is 1.83 bits per heavy atom. The molecule has 0 aliphatic rings. The van der Waals surface area contributed by atoms with E-state index < -0.39 is 0 Å². The number of rotatable bonds is 9. The molecule has 0 aliphatic carbocycles. The molecule has 0 aliphatic heterocycles. The maximum absolute atomic E-state index is 5.54. The molecule has 0 spiro atoms. The Hall–Kier alpha value is -1.65. The van der Waals surface area contributed by atoms with Gasteiger partial charge >= 0.3 is 17.1 Å². The van der Waals surface area contributed by atoms with Crippen LogP contribution < -0.4 is 10.6 Å². The van der Waals surface area contributed by atoms with E-state index in [1.54, 1.807) is 32.4 Å². The molecule has 0 amide bonds. The molecular weight excluding hydrogens is 458 g/mol. The summed E-state index contributed by atoms with van der Waals surface area (Å²) in [5.41, 5.74) is 1.80. The molecule has 0 saturated carbocycles. The van der Waals surface area contributed by atoms with Gasteiger partial charge in [-0.05, 0) is 56.6 Å². The van der Waals surface area contributed by atoms with Crippen molar-refractivity contribution in [1.82, 2.24) is 15.6 Å². The zero-order valence-electron chi connectivity index (χ0n) is 17.1. The van der Waals surface area contributed by atoms with Gasteiger partial charge in [0, 0.05) is 37.7 Å². The molecule has 1 rings (SSSR count). The van der Waals surface area contributed by atoms with Crippen LogP contribution in [0.5, 0.6) is 0 Å². The van der Waals surface area contributed by atoms with E-state index >= 15 is 0 Å². The first kappa shape index (κ1) is 27.3. The normalized spacial score (nSPS) is 14.4. The van der Waals surface area contributed by atoms with Crippen LogP contribution in [0.4, 0.5) is 0 Å². The molecule has 8 nitrogen and oxygen atoms in total. The van der Waals surface area contributed by atoms with Crippen LogP contribution in [0.2, 0.25) is 0 Å². The Labute approximate surface area is 194 Å². The van der Waals surface area contributed by atoms with Crippen LogP contribution in [0.1, 0.15) is 39.7 Å². The first-order chi connectivity index (χ1) is 13.3. The molecule has 1 aromatic heterocycles. The number of ether oxygens (including phenoxy) is 1. The van der Waals surface area contributed by atoms with E-state index in [1.807, 2.05) is 26.8 Å². The third kappa shape index (κ3) is 11.8. The molecule has 0 saturated heterocycles. The zero-order valence-corrected chi connectivity index (χ0v) is 19.7. The molecule has 2 N–H and O–H groups in total. The summed E-state index contributed by atoms with van der Waals surface area (Å²) in [6.07, 6.45) is 4.38. The average Bonchev–Trinajstić information content (AvgIpc) is 2.66. The molecular formula is C18H27CuN7OS2. The molecule has 0 aromatic carbocycles. The van der Waals surface area contributed by atoms with Crippen molar-refractivity contribution in [2.75, 3.05) is 13.7 Å². The van der Waals surface area contributed by atoms with Crippen molar-refractivity contribution in [1.29, 1.82) is 0 Å². The summed E-state index contributed by atoms with van der Waals surface area (Å²) in [5.74, 6) is 0. The molecule has 1 aromatic rings. The number of hydrogen-bond acceptors (Lipinski definition) is 8. The maximum Gasteiger partial charge on any atom is 2.00 e. The first-order valence-corrected chi connectivity index (χ1v) is 9.73. The SMILES string of the molecule is CN/C([S-])=N/N=C(/C(C)=N/N=C(\[S-])NC(C)CCOC(C)C)c1cccnc1.[Cu+2]. The van der Waals surface area contributed by atoms with E-state index in [0.717, 1.165) is 12.0 Å². The third-order valence-corrected chi connectivity index (χ3v) is 3.88. The van der Waals surface area contributed by atoms with Crippen LogP contribution in [-0.2, 0) is 47.1 Å². The van der Waals surface area contributed by atoms with Crippen LogP contribution in [0.25, 0.3) is 0 Å². The minimum absolute atomic E-state index is 0. The molecule has 1 unspecified atom stereocenters. The van der Waals surface area contributed by atoms with Crippen molar-refractivity contribution in [3.63, 3.8) is 0 Å². The Bertz CT molecular complexity index is 724. The molecule has 0 bridgehead atoms. The molecule has 29 heavy (non-hydrogen) atoms. The molecule has 163 valence electrons. The second kappa shape index (κ2) is 15.2. The Kier molecular flexibility index (Phi) is 14.4. The van der Waals surface area contributed by atoms with Crippen molar-refractivity contribution < 1.29 is 21.8 Å². The largest absolute Gasteiger partial charge is 2.00 e. The predicted molar refractivity (Wildman–Crippen MR) is 121 cm³/mol. The van der Waals surface area contributed by atoms with Crippen LogP contribution >= 0.6 is 0 Å². The van der Waals surface area contributed by atoms with Crippen LogP contribution in [0.15, 0.2) is 44.9 Å². The number of hydrogen-bond donors (Lipinski definition) is 2. The standard InChI is InChI=1S/C18H29N7OS2.Cu/c1-12(2)26-10-8-13(3)21-18(28)25-22-14(4)16(23-24-17(27)19-5)15-7-6-9-20-11-15;/h6-7,9,11-13H,8,10H2,1-5H3,(H2,19,24,27)(H2,21,25,28);/q;+2/p-2/b22-14+,23-16-;. The fourth-order valence-corrected chi connectivity index (χ4v) is 2.23. The van der Waals surface area contributed by atoms with E-state index in [0.29, 0.717) is 23.2 Å². The van der Waals surface area contributed by atoms with Gasteiger partial charge in [0.1, 0.15) is 5.71 Å². The van der Waals surface area contributed by atoms with Crippen molar-refractivity contribution in [2.45, 2.75) is 46.3 Å². The van der Waals surface area contributed by atoms with E-state index in [-0.39, 0.29) is 34.4 Å². The fourth-order valence-electron chi connectivity index (χ4n) is 1.95. The van der Waals surface area contributed by atoms with E-state index in [1.165, 1.54) is 0 Å². The molecule has 1 radical (unpaired) electrons. The number of pyridine rings is 1. The topological polar surface area (TPSA) is 95.6 Å². The predicted octanol–water partition coefficient (Wildman–Crippen LogP) is 1.98. The van der Waals surface area contributed by atoms with E-state index in [2.05, 4.69) is 36.0 Å². The van der Waals surface area contributed by atoms with Gasteiger partial charge in [0.25, 0.3) is 0 Å².